The Hall–Kier alpha value is -0.290. The molecule has 0 atom stereocenters. The summed E-state index contributed by atoms with van der Waals surface area (Å²) in [5.74, 6) is 0.610. The Bertz CT molecular complexity index is 141. The summed E-state index contributed by atoms with van der Waals surface area (Å²) < 4.78 is 15.3. The molecular weight excluding hydrogens is 220 g/mol. The second kappa shape index (κ2) is 13.7. The Balaban J connectivity index is 2.92. The molecule has 5 heteroatoms. The van der Waals surface area contributed by atoms with Gasteiger partial charge in [0.25, 0.3) is 0 Å². The normalized spacial score (nSPS) is 11.1. The highest BCUT2D eigenvalue weighted by molar-refractivity contribution is 6.17. The number of aliphatic hydroxyl groups excluding tert-OH is 1. The zero-order chi connectivity index (χ0) is 11.2. The number of hydrogen-bond acceptors (Lipinski definition) is 4. The third-order valence-electron chi connectivity index (χ3n) is 1.42. The average molecular weight is 239 g/mol. The van der Waals surface area contributed by atoms with Crippen LogP contribution in [0, 0.1) is 0 Å². The van der Waals surface area contributed by atoms with Crippen LogP contribution in [-0.2, 0) is 14.2 Å². The zero-order valence-electron chi connectivity index (χ0n) is 8.86. The lowest BCUT2D eigenvalue weighted by Gasteiger charge is -2.04. The van der Waals surface area contributed by atoms with E-state index in [1.807, 2.05) is 6.08 Å². The molecule has 0 unspecified atom stereocenters. The Morgan fingerprint density at radius 2 is 1.67 bits per heavy atom. The monoisotopic (exact) mass is 238 g/mol. The maximum Gasteiger partial charge on any atom is 0.111 e. The highest BCUT2D eigenvalue weighted by Gasteiger charge is 1.88. The van der Waals surface area contributed by atoms with Crippen LogP contribution in [0.2, 0.25) is 0 Å². The SMILES string of the molecule is OCCOCCOCCOC=CCCCl. The van der Waals surface area contributed by atoms with Crippen molar-refractivity contribution in [1.29, 1.82) is 0 Å². The van der Waals surface area contributed by atoms with Crippen molar-refractivity contribution in [2.45, 2.75) is 6.42 Å². The first-order valence-electron chi connectivity index (χ1n) is 5.00. The van der Waals surface area contributed by atoms with E-state index in [1.165, 1.54) is 0 Å². The largest absolute Gasteiger partial charge is 0.499 e. The van der Waals surface area contributed by atoms with Gasteiger partial charge in [0.2, 0.25) is 0 Å². The summed E-state index contributed by atoms with van der Waals surface area (Å²) in [6, 6.07) is 0. The number of halogens is 1. The van der Waals surface area contributed by atoms with E-state index < -0.39 is 0 Å². The summed E-state index contributed by atoms with van der Waals surface area (Å²) in [6.45, 7) is 2.50. The lowest BCUT2D eigenvalue weighted by Crippen LogP contribution is -2.09. The Labute approximate surface area is 95.8 Å². The van der Waals surface area contributed by atoms with Crippen LogP contribution in [0.15, 0.2) is 12.3 Å². The van der Waals surface area contributed by atoms with Crippen LogP contribution in [-0.4, -0.2) is 50.6 Å². The minimum Gasteiger partial charge on any atom is -0.499 e. The number of allylic oxidation sites excluding steroid dienone is 1. The maximum atomic E-state index is 8.41. The molecule has 0 aromatic rings. The zero-order valence-corrected chi connectivity index (χ0v) is 9.62. The van der Waals surface area contributed by atoms with Gasteiger partial charge in [-0.25, -0.2) is 0 Å². The predicted octanol–water partition coefficient (Wildman–Crippen LogP) is 1.17. The maximum absolute atomic E-state index is 8.41. The summed E-state index contributed by atoms with van der Waals surface area (Å²) in [5, 5.41) is 8.41. The number of rotatable bonds is 11. The molecule has 0 aliphatic rings. The van der Waals surface area contributed by atoms with Gasteiger partial charge in [0.1, 0.15) is 6.61 Å². The molecule has 0 fully saturated rings. The molecule has 0 aliphatic heterocycles. The molecule has 0 rings (SSSR count). The molecule has 0 heterocycles. The van der Waals surface area contributed by atoms with Crippen molar-refractivity contribution in [3.8, 4) is 0 Å². The number of ether oxygens (including phenoxy) is 3. The van der Waals surface area contributed by atoms with Gasteiger partial charge in [0.15, 0.2) is 0 Å². The van der Waals surface area contributed by atoms with Crippen molar-refractivity contribution in [2.75, 3.05) is 45.5 Å². The summed E-state index contributed by atoms with van der Waals surface area (Å²) >= 11 is 5.46. The molecule has 0 bridgehead atoms. The molecule has 1 N–H and O–H groups in total. The lowest BCUT2D eigenvalue weighted by atomic mass is 10.5. The third-order valence-corrected chi connectivity index (χ3v) is 1.64. The van der Waals surface area contributed by atoms with Crippen LogP contribution in [0.3, 0.4) is 0 Å². The smallest absolute Gasteiger partial charge is 0.111 e. The number of alkyl halides is 1. The fourth-order valence-corrected chi connectivity index (χ4v) is 0.887. The molecule has 0 aromatic heterocycles. The molecule has 15 heavy (non-hydrogen) atoms. The summed E-state index contributed by atoms with van der Waals surface area (Å²) in [7, 11) is 0. The summed E-state index contributed by atoms with van der Waals surface area (Å²) in [5.41, 5.74) is 0. The quantitative estimate of drug-likeness (QED) is 0.334. The third kappa shape index (κ3) is 13.7. The molecule has 4 nitrogen and oxygen atoms in total. The van der Waals surface area contributed by atoms with E-state index in [9.17, 15) is 0 Å². The summed E-state index contributed by atoms with van der Waals surface area (Å²) in [6.07, 6.45) is 4.32. The minimum absolute atomic E-state index is 0.0501. The fourth-order valence-electron chi connectivity index (χ4n) is 0.761. The van der Waals surface area contributed by atoms with Gasteiger partial charge in [-0.2, -0.15) is 0 Å². The number of hydrogen-bond donors (Lipinski definition) is 1. The van der Waals surface area contributed by atoms with Crippen LogP contribution in [0.4, 0.5) is 0 Å². The highest BCUT2D eigenvalue weighted by atomic mass is 35.5. The van der Waals surface area contributed by atoms with Crippen molar-refractivity contribution in [3.05, 3.63) is 12.3 Å². The van der Waals surface area contributed by atoms with E-state index in [2.05, 4.69) is 0 Å². The Morgan fingerprint density at radius 1 is 1.00 bits per heavy atom. The topological polar surface area (TPSA) is 47.9 Å². The second-order valence-corrected chi connectivity index (χ2v) is 3.05. The minimum atomic E-state index is 0.0501. The van der Waals surface area contributed by atoms with E-state index in [0.29, 0.717) is 38.9 Å². The van der Waals surface area contributed by atoms with Crippen molar-refractivity contribution in [2.24, 2.45) is 0 Å². The van der Waals surface area contributed by atoms with Crippen molar-refractivity contribution in [1.82, 2.24) is 0 Å². The molecule has 0 saturated heterocycles. The van der Waals surface area contributed by atoms with Crippen LogP contribution in [0.1, 0.15) is 6.42 Å². The molecule has 0 radical (unpaired) electrons. The van der Waals surface area contributed by atoms with Crippen LogP contribution >= 0.6 is 11.6 Å². The van der Waals surface area contributed by atoms with Gasteiger partial charge in [0.05, 0.1) is 39.3 Å². The first-order chi connectivity index (χ1) is 7.41. The molecule has 0 aliphatic carbocycles. The van der Waals surface area contributed by atoms with E-state index in [-0.39, 0.29) is 6.61 Å². The van der Waals surface area contributed by atoms with Gasteiger partial charge in [-0.05, 0) is 12.5 Å². The van der Waals surface area contributed by atoms with Gasteiger partial charge in [-0.1, -0.05) is 0 Å². The second-order valence-electron chi connectivity index (χ2n) is 2.67. The molecule has 90 valence electrons. The number of aliphatic hydroxyl groups is 1. The molecule has 0 spiro atoms. The molecule has 0 amide bonds. The van der Waals surface area contributed by atoms with E-state index in [0.717, 1.165) is 6.42 Å². The highest BCUT2D eigenvalue weighted by Crippen LogP contribution is 1.88. The van der Waals surface area contributed by atoms with E-state index >= 15 is 0 Å². The molecule has 0 saturated carbocycles. The van der Waals surface area contributed by atoms with Crippen LogP contribution < -0.4 is 0 Å². The predicted molar refractivity (Wildman–Crippen MR) is 59.2 cm³/mol. The van der Waals surface area contributed by atoms with Crippen LogP contribution in [0.25, 0.3) is 0 Å². The standard InChI is InChI=1S/C10H19ClO4/c11-3-1-2-5-13-7-9-15-10-8-14-6-4-12/h2,5,12H,1,3-4,6-10H2. The van der Waals surface area contributed by atoms with Gasteiger partial charge >= 0.3 is 0 Å². The molecule has 0 aromatic carbocycles. The van der Waals surface area contributed by atoms with Gasteiger partial charge in [-0.15, -0.1) is 11.6 Å². The lowest BCUT2D eigenvalue weighted by molar-refractivity contribution is 0.0203. The molecular formula is C10H19ClO4. The van der Waals surface area contributed by atoms with Gasteiger partial charge < -0.3 is 19.3 Å². The first-order valence-corrected chi connectivity index (χ1v) is 5.54. The van der Waals surface area contributed by atoms with E-state index in [4.69, 9.17) is 30.9 Å². The Kier molecular flexibility index (Phi) is 13.4. The van der Waals surface area contributed by atoms with Crippen molar-refractivity contribution < 1.29 is 19.3 Å². The average Bonchev–Trinajstić information content (AvgIpc) is 2.26. The van der Waals surface area contributed by atoms with E-state index in [1.54, 1.807) is 6.26 Å². The van der Waals surface area contributed by atoms with Crippen LogP contribution in [0.5, 0.6) is 0 Å². The summed E-state index contributed by atoms with van der Waals surface area (Å²) in [4.78, 5) is 0. The fraction of sp³-hybridized carbons (Fsp3) is 0.800. The van der Waals surface area contributed by atoms with Crippen molar-refractivity contribution in [3.63, 3.8) is 0 Å². The van der Waals surface area contributed by atoms with Gasteiger partial charge in [0, 0.05) is 5.88 Å². The van der Waals surface area contributed by atoms with Gasteiger partial charge in [-0.3, -0.25) is 0 Å². The Morgan fingerprint density at radius 3 is 2.33 bits per heavy atom. The van der Waals surface area contributed by atoms with Crippen molar-refractivity contribution >= 4 is 11.6 Å². The first kappa shape index (κ1) is 14.7.